The van der Waals surface area contributed by atoms with Crippen LogP contribution in [0, 0.1) is 11.8 Å². The van der Waals surface area contributed by atoms with Crippen LogP contribution in [-0.4, -0.2) is 12.4 Å². The summed E-state index contributed by atoms with van der Waals surface area (Å²) in [5.41, 5.74) is 2.48. The summed E-state index contributed by atoms with van der Waals surface area (Å²) in [4.78, 5) is 12.1. The normalized spacial score (nSPS) is 26.1. The van der Waals surface area contributed by atoms with Crippen molar-refractivity contribution in [2.24, 2.45) is 11.8 Å². The van der Waals surface area contributed by atoms with Crippen LogP contribution in [0.1, 0.15) is 37.3 Å². The Balaban J connectivity index is 1.85. The van der Waals surface area contributed by atoms with Crippen molar-refractivity contribution < 1.29 is 9.53 Å². The molecule has 1 saturated carbocycles. The fraction of sp³-hybridized carbons (Fsp3) is 0.562. The summed E-state index contributed by atoms with van der Waals surface area (Å²) >= 11 is 3.57. The van der Waals surface area contributed by atoms with Crippen molar-refractivity contribution in [2.75, 3.05) is 6.61 Å². The molecule has 0 spiro atoms. The van der Waals surface area contributed by atoms with Crippen molar-refractivity contribution in [3.8, 4) is 5.75 Å². The molecule has 102 valence electrons. The number of hydrogen-bond donors (Lipinski definition) is 0. The van der Waals surface area contributed by atoms with Crippen molar-refractivity contribution in [3.63, 3.8) is 0 Å². The minimum atomic E-state index is 0.186. The molecule has 2 aliphatic rings. The lowest BCUT2D eigenvalue weighted by atomic mass is 9.78. The molecule has 0 N–H and O–H groups in total. The number of ether oxygens (including phenoxy) is 1. The van der Waals surface area contributed by atoms with Crippen LogP contribution in [0.15, 0.2) is 16.6 Å². The van der Waals surface area contributed by atoms with Gasteiger partial charge in [0.05, 0.1) is 6.61 Å². The summed E-state index contributed by atoms with van der Waals surface area (Å²) in [5.74, 6) is 2.33. The van der Waals surface area contributed by atoms with E-state index >= 15 is 0 Å². The molecule has 0 saturated heterocycles. The zero-order valence-corrected chi connectivity index (χ0v) is 12.8. The Morgan fingerprint density at radius 2 is 2.21 bits per heavy atom. The van der Waals surface area contributed by atoms with E-state index in [2.05, 4.69) is 35.0 Å². The van der Waals surface area contributed by atoms with E-state index in [1.54, 1.807) is 0 Å². The van der Waals surface area contributed by atoms with E-state index in [1.807, 2.05) is 0 Å². The number of hydrogen-bond acceptors (Lipinski definition) is 2. The van der Waals surface area contributed by atoms with Crippen LogP contribution in [-0.2, 0) is 17.6 Å². The number of carbonyl (C=O) groups excluding carboxylic acids is 1. The molecule has 19 heavy (non-hydrogen) atoms. The average Bonchev–Trinajstić information content (AvgIpc) is 2.82. The van der Waals surface area contributed by atoms with Gasteiger partial charge in [-0.3, -0.25) is 4.79 Å². The molecule has 1 heterocycles. The first-order valence-electron chi connectivity index (χ1n) is 7.10. The molecule has 0 radical (unpaired) electrons. The van der Waals surface area contributed by atoms with Gasteiger partial charge in [-0.15, -0.1) is 0 Å². The number of halogens is 1. The zero-order chi connectivity index (χ0) is 13.4. The highest BCUT2D eigenvalue weighted by molar-refractivity contribution is 9.10. The van der Waals surface area contributed by atoms with Gasteiger partial charge in [0.2, 0.25) is 0 Å². The van der Waals surface area contributed by atoms with Crippen molar-refractivity contribution in [1.29, 1.82) is 0 Å². The number of rotatable bonds is 2. The van der Waals surface area contributed by atoms with Crippen molar-refractivity contribution in [1.82, 2.24) is 0 Å². The molecule has 2 atom stereocenters. The smallest absolute Gasteiger partial charge is 0.136 e. The van der Waals surface area contributed by atoms with E-state index in [1.165, 1.54) is 11.1 Å². The largest absolute Gasteiger partial charge is 0.493 e. The van der Waals surface area contributed by atoms with Crippen molar-refractivity contribution in [2.45, 2.75) is 39.0 Å². The van der Waals surface area contributed by atoms with Gasteiger partial charge in [0, 0.05) is 23.2 Å². The third kappa shape index (κ3) is 2.71. The number of fused-ring (bicyclic) bond motifs is 1. The maximum atomic E-state index is 12.1. The standard InChI is InChI=1S/C16H19BrO2/c1-10-2-3-15(18)12(6-10)7-13-9-14(17)8-11-4-5-19-16(11)13/h8-10,12H,2-7H2,1H3. The number of benzene rings is 1. The Hall–Kier alpha value is -0.830. The van der Waals surface area contributed by atoms with Crippen molar-refractivity contribution >= 4 is 21.7 Å². The first-order valence-corrected chi connectivity index (χ1v) is 7.89. The van der Waals surface area contributed by atoms with E-state index < -0.39 is 0 Å². The Morgan fingerprint density at radius 1 is 1.37 bits per heavy atom. The number of carbonyl (C=O) groups is 1. The van der Waals surface area contributed by atoms with Gasteiger partial charge in [0.15, 0.2) is 0 Å². The van der Waals surface area contributed by atoms with Crippen LogP contribution in [0.5, 0.6) is 5.75 Å². The molecule has 2 nitrogen and oxygen atoms in total. The molecule has 0 amide bonds. The summed E-state index contributed by atoms with van der Waals surface area (Å²) in [7, 11) is 0. The quantitative estimate of drug-likeness (QED) is 0.824. The second kappa shape index (κ2) is 5.28. The Labute approximate surface area is 122 Å². The maximum Gasteiger partial charge on any atom is 0.136 e. The average molecular weight is 323 g/mol. The first kappa shape index (κ1) is 13.2. The van der Waals surface area contributed by atoms with Crippen LogP contribution in [0.4, 0.5) is 0 Å². The summed E-state index contributed by atoms with van der Waals surface area (Å²) in [6.07, 6.45) is 4.66. The summed E-state index contributed by atoms with van der Waals surface area (Å²) < 4.78 is 6.86. The van der Waals surface area contributed by atoms with Crippen molar-refractivity contribution in [3.05, 3.63) is 27.7 Å². The van der Waals surface area contributed by atoms with Gasteiger partial charge in [0.25, 0.3) is 0 Å². The van der Waals surface area contributed by atoms with Crippen LogP contribution >= 0.6 is 15.9 Å². The highest BCUT2D eigenvalue weighted by Gasteiger charge is 2.28. The third-order valence-corrected chi connectivity index (χ3v) is 4.78. The summed E-state index contributed by atoms with van der Waals surface area (Å²) in [5, 5.41) is 0. The number of ketones is 1. The van der Waals surface area contributed by atoms with Gasteiger partial charge in [0.1, 0.15) is 11.5 Å². The van der Waals surface area contributed by atoms with Crippen LogP contribution in [0.2, 0.25) is 0 Å². The molecule has 1 aromatic carbocycles. The Morgan fingerprint density at radius 3 is 3.05 bits per heavy atom. The Bertz CT molecular complexity index is 510. The molecule has 1 aliphatic heterocycles. The van der Waals surface area contributed by atoms with Crippen LogP contribution in [0.25, 0.3) is 0 Å². The molecule has 1 aromatic rings. The van der Waals surface area contributed by atoms with Gasteiger partial charge < -0.3 is 4.74 Å². The molecule has 1 fully saturated rings. The van der Waals surface area contributed by atoms with Gasteiger partial charge >= 0.3 is 0 Å². The molecule has 3 rings (SSSR count). The predicted octanol–water partition coefficient (Wildman–Crippen LogP) is 3.93. The molecular formula is C16H19BrO2. The molecular weight excluding hydrogens is 304 g/mol. The lowest BCUT2D eigenvalue weighted by Crippen LogP contribution is -2.25. The zero-order valence-electron chi connectivity index (χ0n) is 11.2. The molecule has 0 bridgehead atoms. The van der Waals surface area contributed by atoms with Crippen LogP contribution in [0.3, 0.4) is 0 Å². The minimum absolute atomic E-state index is 0.186. The third-order valence-electron chi connectivity index (χ3n) is 4.32. The minimum Gasteiger partial charge on any atom is -0.493 e. The molecule has 1 aliphatic carbocycles. The first-order chi connectivity index (χ1) is 9.13. The van der Waals surface area contributed by atoms with Crippen LogP contribution < -0.4 is 4.74 Å². The van der Waals surface area contributed by atoms with E-state index in [4.69, 9.17) is 4.74 Å². The monoisotopic (exact) mass is 322 g/mol. The Kier molecular flexibility index (Phi) is 3.66. The second-order valence-corrected chi connectivity index (χ2v) is 6.81. The summed E-state index contributed by atoms with van der Waals surface area (Å²) in [6, 6.07) is 4.26. The predicted molar refractivity (Wildman–Crippen MR) is 78.6 cm³/mol. The highest BCUT2D eigenvalue weighted by atomic mass is 79.9. The van der Waals surface area contributed by atoms with E-state index in [0.29, 0.717) is 11.7 Å². The molecule has 0 aromatic heterocycles. The van der Waals surface area contributed by atoms with Gasteiger partial charge in [-0.25, -0.2) is 0 Å². The van der Waals surface area contributed by atoms with E-state index in [-0.39, 0.29) is 5.92 Å². The topological polar surface area (TPSA) is 26.3 Å². The van der Waals surface area contributed by atoms with Gasteiger partial charge in [-0.1, -0.05) is 22.9 Å². The lowest BCUT2D eigenvalue weighted by molar-refractivity contribution is -0.125. The van der Waals surface area contributed by atoms with E-state index in [0.717, 1.165) is 48.9 Å². The highest BCUT2D eigenvalue weighted by Crippen LogP contribution is 2.37. The second-order valence-electron chi connectivity index (χ2n) is 5.90. The maximum absolute atomic E-state index is 12.1. The number of Topliss-reactive ketones (excluding diaryl/α,β-unsaturated/α-hetero) is 1. The molecule has 2 unspecified atom stereocenters. The fourth-order valence-electron chi connectivity index (χ4n) is 3.29. The SMILES string of the molecule is CC1CCC(=O)C(Cc2cc(Br)cc3c2OCC3)C1. The lowest BCUT2D eigenvalue weighted by Gasteiger charge is -2.26. The molecule has 3 heteroatoms. The van der Waals surface area contributed by atoms with Gasteiger partial charge in [-0.2, -0.15) is 0 Å². The van der Waals surface area contributed by atoms with Gasteiger partial charge in [-0.05, 0) is 48.4 Å². The summed E-state index contributed by atoms with van der Waals surface area (Å²) in [6.45, 7) is 3.02. The van der Waals surface area contributed by atoms with E-state index in [9.17, 15) is 4.79 Å². The fourth-order valence-corrected chi connectivity index (χ4v) is 3.84.